The van der Waals surface area contributed by atoms with Gasteiger partial charge in [0.05, 0.1) is 10.7 Å². The Kier molecular flexibility index (Phi) is 4.11. The van der Waals surface area contributed by atoms with Gasteiger partial charge in [-0.3, -0.25) is 9.59 Å². The first-order valence-corrected chi connectivity index (χ1v) is 6.83. The van der Waals surface area contributed by atoms with Gasteiger partial charge in [0.25, 0.3) is 5.91 Å². The third-order valence-electron chi connectivity index (χ3n) is 2.64. The van der Waals surface area contributed by atoms with Crippen LogP contribution in [0.3, 0.4) is 0 Å². The monoisotopic (exact) mass is 277 g/mol. The lowest BCUT2D eigenvalue weighted by molar-refractivity contribution is 0.0952. The highest BCUT2D eigenvalue weighted by Crippen LogP contribution is 2.07. The number of pyridine rings is 1. The van der Waals surface area contributed by atoms with Crippen molar-refractivity contribution >= 4 is 17.2 Å². The first kappa shape index (κ1) is 13.5. The Morgan fingerprint density at radius 2 is 2.26 bits per heavy atom. The zero-order valence-corrected chi connectivity index (χ0v) is 11.6. The molecule has 0 aliphatic rings. The molecule has 2 N–H and O–H groups in total. The molecule has 0 unspecified atom stereocenters. The summed E-state index contributed by atoms with van der Waals surface area (Å²) in [6.45, 7) is 4.18. The number of aromatic nitrogens is 2. The quantitative estimate of drug-likeness (QED) is 0.887. The molecule has 0 fully saturated rings. The van der Waals surface area contributed by atoms with E-state index in [-0.39, 0.29) is 16.9 Å². The van der Waals surface area contributed by atoms with Gasteiger partial charge in [-0.05, 0) is 13.8 Å². The van der Waals surface area contributed by atoms with E-state index >= 15 is 0 Å². The first-order valence-electron chi connectivity index (χ1n) is 5.95. The number of nitrogens with zero attached hydrogens (tertiary/aromatic N) is 1. The van der Waals surface area contributed by atoms with E-state index in [2.05, 4.69) is 15.3 Å². The number of amides is 1. The summed E-state index contributed by atoms with van der Waals surface area (Å²) < 4.78 is 0. The Morgan fingerprint density at radius 3 is 2.89 bits per heavy atom. The Hall–Kier alpha value is -1.95. The van der Waals surface area contributed by atoms with Gasteiger partial charge < -0.3 is 10.3 Å². The molecule has 1 amide bonds. The largest absolute Gasteiger partial charge is 0.364 e. The topological polar surface area (TPSA) is 74.8 Å². The van der Waals surface area contributed by atoms with Crippen LogP contribution in [0.15, 0.2) is 22.4 Å². The predicted octanol–water partition coefficient (Wildman–Crippen LogP) is 1.42. The number of nitrogens with one attached hydrogen (secondary N) is 2. The van der Waals surface area contributed by atoms with Crippen LogP contribution >= 0.6 is 11.3 Å². The minimum absolute atomic E-state index is 0.139. The summed E-state index contributed by atoms with van der Waals surface area (Å²) in [4.78, 5) is 30.6. The van der Waals surface area contributed by atoms with E-state index in [1.54, 1.807) is 18.3 Å². The van der Waals surface area contributed by atoms with Gasteiger partial charge in [-0.1, -0.05) is 0 Å². The molecule has 0 saturated carbocycles. The van der Waals surface area contributed by atoms with Crippen molar-refractivity contribution in [1.29, 1.82) is 0 Å². The Morgan fingerprint density at radius 1 is 1.47 bits per heavy atom. The fourth-order valence-electron chi connectivity index (χ4n) is 1.67. The summed E-state index contributed by atoms with van der Waals surface area (Å²) in [5, 5.41) is 5.71. The third-order valence-corrected chi connectivity index (χ3v) is 3.46. The van der Waals surface area contributed by atoms with E-state index in [4.69, 9.17) is 0 Å². The number of hydrogen-bond acceptors (Lipinski definition) is 4. The predicted molar refractivity (Wildman–Crippen MR) is 74.7 cm³/mol. The fraction of sp³-hybridized carbons (Fsp3) is 0.308. The van der Waals surface area contributed by atoms with E-state index < -0.39 is 0 Å². The molecule has 2 aromatic heterocycles. The summed E-state index contributed by atoms with van der Waals surface area (Å²) >= 11 is 1.58. The molecule has 0 spiro atoms. The molecule has 0 saturated heterocycles. The molecule has 0 bridgehead atoms. The molecule has 0 radical (unpaired) electrons. The molecule has 0 atom stereocenters. The molecule has 2 aromatic rings. The molecule has 6 heteroatoms. The molecular formula is C13H15N3O2S. The zero-order valence-electron chi connectivity index (χ0n) is 10.8. The van der Waals surface area contributed by atoms with E-state index in [0.29, 0.717) is 13.0 Å². The second kappa shape index (κ2) is 5.79. The second-order valence-electron chi connectivity index (χ2n) is 4.26. The third kappa shape index (κ3) is 3.51. The van der Waals surface area contributed by atoms with Crippen LogP contribution < -0.4 is 10.7 Å². The summed E-state index contributed by atoms with van der Waals surface area (Å²) in [7, 11) is 0. The highest BCUT2D eigenvalue weighted by Gasteiger charge is 2.09. The zero-order chi connectivity index (χ0) is 13.8. The molecule has 2 heterocycles. The van der Waals surface area contributed by atoms with Gasteiger partial charge in [0, 0.05) is 36.3 Å². The highest BCUT2D eigenvalue weighted by molar-refractivity contribution is 7.09. The van der Waals surface area contributed by atoms with Crippen LogP contribution in [0.2, 0.25) is 0 Å². The summed E-state index contributed by atoms with van der Waals surface area (Å²) in [6.07, 6.45) is 2.11. The molecule has 0 aliphatic heterocycles. The number of carbonyl (C=O) groups is 1. The maximum absolute atomic E-state index is 11.8. The van der Waals surface area contributed by atoms with Crippen LogP contribution in [-0.4, -0.2) is 22.4 Å². The summed E-state index contributed by atoms with van der Waals surface area (Å²) in [5.41, 5.74) is 1.57. The molecule has 100 valence electrons. The van der Waals surface area contributed by atoms with Gasteiger partial charge in [-0.25, -0.2) is 4.98 Å². The smallest absolute Gasteiger partial charge is 0.256 e. The van der Waals surface area contributed by atoms with E-state index in [9.17, 15) is 9.59 Å². The average Bonchev–Trinajstić information content (AvgIpc) is 2.75. The van der Waals surface area contributed by atoms with Crippen LogP contribution in [0.5, 0.6) is 0 Å². The maximum Gasteiger partial charge on any atom is 0.256 e. The summed E-state index contributed by atoms with van der Waals surface area (Å²) in [5.74, 6) is -0.354. The van der Waals surface area contributed by atoms with E-state index in [0.717, 1.165) is 16.4 Å². The van der Waals surface area contributed by atoms with Crippen molar-refractivity contribution < 1.29 is 4.79 Å². The van der Waals surface area contributed by atoms with E-state index in [1.807, 2.05) is 12.3 Å². The number of carbonyl (C=O) groups excluding carboxylic acids is 1. The lowest BCUT2D eigenvalue weighted by atomic mass is 10.2. The SMILES string of the molecule is Cc1cc(=O)c(C(=O)NCCc2csc(C)n2)c[nH]1. The van der Waals surface area contributed by atoms with Gasteiger partial charge >= 0.3 is 0 Å². The minimum atomic E-state index is -0.354. The lowest BCUT2D eigenvalue weighted by Gasteiger charge is -2.03. The second-order valence-corrected chi connectivity index (χ2v) is 5.32. The molecule has 19 heavy (non-hydrogen) atoms. The van der Waals surface area contributed by atoms with Crippen LogP contribution in [0.1, 0.15) is 26.8 Å². The van der Waals surface area contributed by atoms with Gasteiger partial charge in [0.1, 0.15) is 5.56 Å². The molecule has 5 nitrogen and oxygen atoms in total. The van der Waals surface area contributed by atoms with Crippen LogP contribution in [0, 0.1) is 13.8 Å². The number of aromatic amines is 1. The first-order chi connectivity index (χ1) is 9.06. The maximum atomic E-state index is 11.8. The van der Waals surface area contributed by atoms with Crippen LogP contribution in [-0.2, 0) is 6.42 Å². The van der Waals surface area contributed by atoms with Gasteiger partial charge in [-0.15, -0.1) is 11.3 Å². The van der Waals surface area contributed by atoms with Crippen molar-refractivity contribution in [3.8, 4) is 0 Å². The Labute approximate surface area is 114 Å². The van der Waals surface area contributed by atoms with E-state index in [1.165, 1.54) is 12.3 Å². The van der Waals surface area contributed by atoms with Gasteiger partial charge in [0.2, 0.25) is 0 Å². The summed E-state index contributed by atoms with van der Waals surface area (Å²) in [6, 6.07) is 1.42. The normalized spacial score (nSPS) is 10.4. The molecule has 2 rings (SSSR count). The Bertz CT molecular complexity index is 645. The van der Waals surface area contributed by atoms with Crippen molar-refractivity contribution in [2.24, 2.45) is 0 Å². The van der Waals surface area contributed by atoms with Crippen molar-refractivity contribution in [2.75, 3.05) is 6.54 Å². The Balaban J connectivity index is 1.92. The van der Waals surface area contributed by atoms with Crippen LogP contribution in [0.25, 0.3) is 0 Å². The number of thiazole rings is 1. The highest BCUT2D eigenvalue weighted by atomic mass is 32.1. The van der Waals surface area contributed by atoms with Gasteiger partial charge in [-0.2, -0.15) is 0 Å². The lowest BCUT2D eigenvalue weighted by Crippen LogP contribution is -2.30. The minimum Gasteiger partial charge on any atom is -0.364 e. The number of rotatable bonds is 4. The number of H-pyrrole nitrogens is 1. The number of aryl methyl sites for hydroxylation is 2. The number of hydrogen-bond donors (Lipinski definition) is 2. The van der Waals surface area contributed by atoms with Crippen molar-refractivity contribution in [3.63, 3.8) is 0 Å². The molecule has 0 aromatic carbocycles. The van der Waals surface area contributed by atoms with Gasteiger partial charge in [0.15, 0.2) is 5.43 Å². The standard InChI is InChI=1S/C13H15N3O2S/c1-8-5-12(17)11(6-15-8)13(18)14-4-3-10-7-19-9(2)16-10/h5-7H,3-4H2,1-2H3,(H,14,18)(H,15,17). The van der Waals surface area contributed by atoms with Crippen molar-refractivity contribution in [2.45, 2.75) is 20.3 Å². The molecular weight excluding hydrogens is 262 g/mol. The fourth-order valence-corrected chi connectivity index (χ4v) is 2.32. The van der Waals surface area contributed by atoms with Crippen molar-refractivity contribution in [3.05, 3.63) is 49.8 Å². The van der Waals surface area contributed by atoms with Crippen molar-refractivity contribution in [1.82, 2.24) is 15.3 Å². The average molecular weight is 277 g/mol. The molecule has 0 aliphatic carbocycles. The van der Waals surface area contributed by atoms with Crippen LogP contribution in [0.4, 0.5) is 0 Å².